The molecule has 0 saturated carbocycles. The fourth-order valence-electron chi connectivity index (χ4n) is 1.79. The maximum atomic E-state index is 11.8. The van der Waals surface area contributed by atoms with Gasteiger partial charge in [0.2, 0.25) is 0 Å². The molecule has 1 aromatic carbocycles. The van der Waals surface area contributed by atoms with Crippen LogP contribution in [0.1, 0.15) is 21.6 Å². The third-order valence-electron chi connectivity index (χ3n) is 2.92. The summed E-state index contributed by atoms with van der Waals surface area (Å²) in [5.74, 6) is -0.147. The second-order valence-corrected chi connectivity index (χ2v) is 4.26. The smallest absolute Gasteiger partial charge is 0.253 e. The molecule has 0 radical (unpaired) electrons. The maximum absolute atomic E-state index is 11.8. The minimum absolute atomic E-state index is 0.147. The second kappa shape index (κ2) is 5.43. The maximum Gasteiger partial charge on any atom is 0.253 e. The Labute approximate surface area is 111 Å². The van der Waals surface area contributed by atoms with Crippen molar-refractivity contribution >= 4 is 17.3 Å². The van der Waals surface area contributed by atoms with Crippen LogP contribution in [0.5, 0.6) is 0 Å². The number of anilines is 2. The number of nitrogens with two attached hydrogens (primary N) is 1. The highest BCUT2D eigenvalue weighted by Gasteiger charge is 2.10. The molecule has 5 N–H and O–H groups in total. The fraction of sp³-hybridized carbons (Fsp3) is 0.231. The molecule has 0 aliphatic rings. The molecule has 0 fully saturated rings. The van der Waals surface area contributed by atoms with E-state index in [2.05, 4.69) is 20.8 Å². The van der Waals surface area contributed by atoms with Gasteiger partial charge >= 0.3 is 0 Å². The highest BCUT2D eigenvalue weighted by molar-refractivity contribution is 6.00. The number of benzene rings is 1. The zero-order valence-corrected chi connectivity index (χ0v) is 10.9. The van der Waals surface area contributed by atoms with E-state index in [-0.39, 0.29) is 5.91 Å². The molecule has 0 aliphatic carbocycles. The molecular formula is C13H17N5O. The summed E-state index contributed by atoms with van der Waals surface area (Å²) < 4.78 is 0. The predicted octanol–water partition coefficient (Wildman–Crippen LogP) is 1.27. The summed E-state index contributed by atoms with van der Waals surface area (Å²) in [5.41, 5.74) is 9.69. The quantitative estimate of drug-likeness (QED) is 0.622. The van der Waals surface area contributed by atoms with Crippen molar-refractivity contribution in [3.8, 4) is 0 Å². The largest absolute Gasteiger partial charge is 0.399 e. The number of carbonyl (C=O) groups excluding carboxylic acids is 1. The Morgan fingerprint density at radius 1 is 1.47 bits per heavy atom. The third kappa shape index (κ3) is 2.85. The Bertz CT molecular complexity index is 590. The molecule has 6 nitrogen and oxygen atoms in total. The lowest BCUT2D eigenvalue weighted by atomic mass is 10.1. The summed E-state index contributed by atoms with van der Waals surface area (Å²) in [7, 11) is 1.60. The Morgan fingerprint density at radius 2 is 2.26 bits per heavy atom. The van der Waals surface area contributed by atoms with Gasteiger partial charge in [-0.2, -0.15) is 5.10 Å². The van der Waals surface area contributed by atoms with E-state index in [1.54, 1.807) is 31.4 Å². The number of amides is 1. The lowest BCUT2D eigenvalue weighted by molar-refractivity contribution is 0.0964. The first-order chi connectivity index (χ1) is 9.11. The zero-order valence-electron chi connectivity index (χ0n) is 10.9. The highest BCUT2D eigenvalue weighted by Crippen LogP contribution is 2.20. The third-order valence-corrected chi connectivity index (χ3v) is 2.92. The van der Waals surface area contributed by atoms with Crippen molar-refractivity contribution < 1.29 is 4.79 Å². The van der Waals surface area contributed by atoms with Gasteiger partial charge in [-0.15, -0.1) is 0 Å². The van der Waals surface area contributed by atoms with Crippen LogP contribution in [0, 0.1) is 6.92 Å². The fourth-order valence-corrected chi connectivity index (χ4v) is 1.79. The monoisotopic (exact) mass is 259 g/mol. The summed E-state index contributed by atoms with van der Waals surface area (Å²) in [6, 6.07) is 5.16. The molecule has 0 spiro atoms. The molecule has 0 bridgehead atoms. The van der Waals surface area contributed by atoms with Crippen molar-refractivity contribution in [1.29, 1.82) is 0 Å². The van der Waals surface area contributed by atoms with Crippen molar-refractivity contribution in [2.24, 2.45) is 0 Å². The van der Waals surface area contributed by atoms with Gasteiger partial charge in [-0.3, -0.25) is 9.89 Å². The number of carbonyl (C=O) groups is 1. The number of nitrogens with zero attached hydrogens (tertiary/aromatic N) is 1. The number of rotatable bonds is 4. The van der Waals surface area contributed by atoms with E-state index in [1.807, 2.05) is 6.92 Å². The molecule has 1 heterocycles. The summed E-state index contributed by atoms with van der Waals surface area (Å²) in [5, 5.41) is 12.6. The van der Waals surface area contributed by atoms with E-state index >= 15 is 0 Å². The molecule has 1 amide bonds. The molecule has 100 valence electrons. The van der Waals surface area contributed by atoms with Gasteiger partial charge in [0.25, 0.3) is 5.91 Å². The van der Waals surface area contributed by atoms with Crippen LogP contribution in [-0.4, -0.2) is 23.2 Å². The Hall–Kier alpha value is -2.50. The van der Waals surface area contributed by atoms with E-state index < -0.39 is 0 Å². The minimum atomic E-state index is -0.147. The number of H-pyrrole nitrogens is 1. The van der Waals surface area contributed by atoms with Gasteiger partial charge in [0.05, 0.1) is 11.8 Å². The normalized spacial score (nSPS) is 10.2. The number of hydrogen-bond donors (Lipinski definition) is 4. The molecule has 2 aromatic rings. The first-order valence-corrected chi connectivity index (χ1v) is 5.96. The van der Waals surface area contributed by atoms with Crippen molar-refractivity contribution in [2.75, 3.05) is 18.1 Å². The van der Waals surface area contributed by atoms with Gasteiger partial charge in [0, 0.05) is 36.2 Å². The van der Waals surface area contributed by atoms with Gasteiger partial charge in [0.1, 0.15) is 0 Å². The number of nitrogens with one attached hydrogen (secondary N) is 3. The number of hydrogen-bond acceptors (Lipinski definition) is 4. The molecule has 6 heteroatoms. The first kappa shape index (κ1) is 12.9. The predicted molar refractivity (Wildman–Crippen MR) is 74.9 cm³/mol. The van der Waals surface area contributed by atoms with Gasteiger partial charge in [-0.1, -0.05) is 0 Å². The minimum Gasteiger partial charge on any atom is -0.399 e. The van der Waals surface area contributed by atoms with Gasteiger partial charge in [-0.05, 0) is 25.1 Å². The van der Waals surface area contributed by atoms with Crippen molar-refractivity contribution in [1.82, 2.24) is 15.5 Å². The molecular weight excluding hydrogens is 242 g/mol. The first-order valence-electron chi connectivity index (χ1n) is 5.96. The van der Waals surface area contributed by atoms with Crippen LogP contribution in [0.2, 0.25) is 0 Å². The topological polar surface area (TPSA) is 95.8 Å². The molecule has 0 atom stereocenters. The average Bonchev–Trinajstić information content (AvgIpc) is 2.81. The highest BCUT2D eigenvalue weighted by atomic mass is 16.1. The molecule has 0 aliphatic heterocycles. The van der Waals surface area contributed by atoms with Crippen LogP contribution >= 0.6 is 0 Å². The summed E-state index contributed by atoms with van der Waals surface area (Å²) in [4.78, 5) is 11.8. The van der Waals surface area contributed by atoms with Crippen molar-refractivity contribution in [3.63, 3.8) is 0 Å². The van der Waals surface area contributed by atoms with Crippen LogP contribution in [0.4, 0.5) is 11.4 Å². The van der Waals surface area contributed by atoms with Crippen molar-refractivity contribution in [2.45, 2.75) is 13.5 Å². The van der Waals surface area contributed by atoms with E-state index in [1.165, 1.54) is 0 Å². The molecule has 1 aromatic heterocycles. The Kier molecular flexibility index (Phi) is 3.70. The number of aromatic nitrogens is 2. The van der Waals surface area contributed by atoms with E-state index in [0.29, 0.717) is 23.5 Å². The van der Waals surface area contributed by atoms with Crippen LogP contribution in [0.15, 0.2) is 24.4 Å². The van der Waals surface area contributed by atoms with Crippen LogP contribution < -0.4 is 16.4 Å². The summed E-state index contributed by atoms with van der Waals surface area (Å²) >= 11 is 0. The van der Waals surface area contributed by atoms with Gasteiger partial charge < -0.3 is 16.4 Å². The standard InChI is InChI=1S/C13H17N5O/c1-8-9(7-17-18-8)6-16-12-5-10(14)3-4-11(12)13(19)15-2/h3-5,7,16H,6,14H2,1-2H3,(H,15,19)(H,17,18). The zero-order chi connectivity index (χ0) is 13.8. The van der Waals surface area contributed by atoms with Crippen LogP contribution in [-0.2, 0) is 6.54 Å². The average molecular weight is 259 g/mol. The number of nitrogen functional groups attached to an aromatic ring is 1. The number of aryl methyl sites for hydroxylation is 1. The van der Waals surface area contributed by atoms with Gasteiger partial charge in [-0.25, -0.2) is 0 Å². The van der Waals surface area contributed by atoms with Crippen LogP contribution in [0.3, 0.4) is 0 Å². The molecule has 19 heavy (non-hydrogen) atoms. The Balaban J connectivity index is 2.21. The summed E-state index contributed by atoms with van der Waals surface area (Å²) in [6.45, 7) is 2.53. The number of aromatic amines is 1. The van der Waals surface area contributed by atoms with E-state index in [9.17, 15) is 4.79 Å². The second-order valence-electron chi connectivity index (χ2n) is 4.26. The van der Waals surface area contributed by atoms with Gasteiger partial charge in [0.15, 0.2) is 0 Å². The SMILES string of the molecule is CNC(=O)c1ccc(N)cc1NCc1cn[nH]c1C. The molecule has 0 unspecified atom stereocenters. The van der Waals surface area contributed by atoms with Crippen molar-refractivity contribution in [3.05, 3.63) is 41.2 Å². The molecule has 0 saturated heterocycles. The van der Waals surface area contributed by atoms with Crippen LogP contribution in [0.25, 0.3) is 0 Å². The summed E-state index contributed by atoms with van der Waals surface area (Å²) in [6.07, 6.45) is 1.76. The van der Waals surface area contributed by atoms with E-state index in [4.69, 9.17) is 5.73 Å². The lowest BCUT2D eigenvalue weighted by Gasteiger charge is -2.11. The molecule has 2 rings (SSSR count). The Morgan fingerprint density at radius 3 is 2.89 bits per heavy atom. The van der Waals surface area contributed by atoms with E-state index in [0.717, 1.165) is 11.3 Å². The lowest BCUT2D eigenvalue weighted by Crippen LogP contribution is -2.19.